The average molecular weight is 258 g/mol. The van der Waals surface area contributed by atoms with Crippen LogP contribution in [0.3, 0.4) is 0 Å². The molecule has 92 valence electrons. The Morgan fingerprint density at radius 3 is 2.22 bits per heavy atom. The number of thiophene rings is 1. The predicted molar refractivity (Wildman–Crippen MR) is 73.4 cm³/mol. The Hall–Kier alpha value is -1.74. The molecular formula is C15H14O2S. The van der Waals surface area contributed by atoms with Crippen molar-refractivity contribution in [3.8, 4) is 0 Å². The molecule has 0 amide bonds. The Bertz CT molecular complexity index is 555. The van der Waals surface area contributed by atoms with Crippen LogP contribution in [0.1, 0.15) is 37.7 Å². The van der Waals surface area contributed by atoms with Crippen molar-refractivity contribution in [3.05, 3.63) is 57.8 Å². The van der Waals surface area contributed by atoms with Crippen LogP contribution < -0.4 is 0 Å². The zero-order valence-electron chi connectivity index (χ0n) is 10.2. The van der Waals surface area contributed by atoms with Gasteiger partial charge in [0, 0.05) is 23.3 Å². The van der Waals surface area contributed by atoms with Crippen LogP contribution in [0.5, 0.6) is 0 Å². The summed E-state index contributed by atoms with van der Waals surface area (Å²) in [4.78, 5) is 25.6. The van der Waals surface area contributed by atoms with Crippen LogP contribution in [0.2, 0.25) is 0 Å². The second-order valence-electron chi connectivity index (χ2n) is 4.12. The summed E-state index contributed by atoms with van der Waals surface area (Å²) in [6, 6.07) is 12.8. The second kappa shape index (κ2) is 5.74. The fourth-order valence-electron chi connectivity index (χ4n) is 1.70. The molecule has 0 N–H and O–H groups in total. The maximum atomic E-state index is 11.9. The molecule has 0 atom stereocenters. The maximum absolute atomic E-state index is 11.9. The Morgan fingerprint density at radius 2 is 1.61 bits per heavy atom. The molecule has 3 heteroatoms. The smallest absolute Gasteiger partial charge is 0.173 e. The highest BCUT2D eigenvalue weighted by Crippen LogP contribution is 2.18. The summed E-state index contributed by atoms with van der Waals surface area (Å²) < 4.78 is 0. The molecule has 0 fully saturated rings. The molecule has 0 bridgehead atoms. The van der Waals surface area contributed by atoms with Crippen molar-refractivity contribution in [2.24, 2.45) is 0 Å². The van der Waals surface area contributed by atoms with Gasteiger partial charge in [-0.3, -0.25) is 9.59 Å². The van der Waals surface area contributed by atoms with Gasteiger partial charge < -0.3 is 0 Å². The summed E-state index contributed by atoms with van der Waals surface area (Å²) >= 11 is 1.48. The minimum atomic E-state index is 0.0252. The van der Waals surface area contributed by atoms with Gasteiger partial charge in [0.05, 0.1) is 4.88 Å². The van der Waals surface area contributed by atoms with Gasteiger partial charge in [0.2, 0.25) is 0 Å². The van der Waals surface area contributed by atoms with E-state index in [0.29, 0.717) is 5.56 Å². The number of hydrogen-bond acceptors (Lipinski definition) is 3. The monoisotopic (exact) mass is 258 g/mol. The number of rotatable bonds is 5. The van der Waals surface area contributed by atoms with Crippen LogP contribution in [0.15, 0.2) is 42.5 Å². The van der Waals surface area contributed by atoms with Gasteiger partial charge in [-0.15, -0.1) is 11.3 Å². The Kier molecular flexibility index (Phi) is 4.05. The molecule has 1 heterocycles. The van der Waals surface area contributed by atoms with Crippen molar-refractivity contribution >= 4 is 22.9 Å². The van der Waals surface area contributed by atoms with Crippen LogP contribution in [0.25, 0.3) is 0 Å². The summed E-state index contributed by atoms with van der Waals surface area (Å²) in [6.45, 7) is 1.97. The maximum Gasteiger partial charge on any atom is 0.173 e. The lowest BCUT2D eigenvalue weighted by atomic mass is 10.0. The molecule has 1 aromatic heterocycles. The van der Waals surface area contributed by atoms with E-state index in [2.05, 4.69) is 0 Å². The molecule has 0 saturated heterocycles. The second-order valence-corrected chi connectivity index (χ2v) is 5.41. The lowest BCUT2D eigenvalue weighted by Crippen LogP contribution is -2.03. The number of hydrogen-bond donors (Lipinski definition) is 0. The molecule has 0 aliphatic heterocycles. The first-order chi connectivity index (χ1) is 8.66. The normalized spacial score (nSPS) is 10.3. The summed E-state index contributed by atoms with van der Waals surface area (Å²) in [7, 11) is 0. The van der Waals surface area contributed by atoms with Crippen LogP contribution >= 0.6 is 11.3 Å². The number of carbonyl (C=O) groups is 2. The van der Waals surface area contributed by atoms with Gasteiger partial charge in [0.25, 0.3) is 0 Å². The summed E-state index contributed by atoms with van der Waals surface area (Å²) in [6.07, 6.45) is 0.563. The number of Topliss-reactive ketones (excluding diaryl/α,β-unsaturated/α-hetero) is 2. The van der Waals surface area contributed by atoms with Crippen molar-refractivity contribution < 1.29 is 9.59 Å². The van der Waals surface area contributed by atoms with Gasteiger partial charge in [-0.25, -0.2) is 0 Å². The van der Waals surface area contributed by atoms with E-state index in [4.69, 9.17) is 0 Å². The molecule has 2 aromatic rings. The zero-order valence-corrected chi connectivity index (χ0v) is 11.0. The highest BCUT2D eigenvalue weighted by Gasteiger charge is 2.11. The minimum Gasteiger partial charge on any atom is -0.294 e. The van der Waals surface area contributed by atoms with Gasteiger partial charge >= 0.3 is 0 Å². The van der Waals surface area contributed by atoms with Gasteiger partial charge in [0.1, 0.15) is 0 Å². The zero-order chi connectivity index (χ0) is 13.0. The van der Waals surface area contributed by atoms with Crippen molar-refractivity contribution in [3.63, 3.8) is 0 Å². The molecule has 0 spiro atoms. The number of ketones is 2. The van der Waals surface area contributed by atoms with Crippen LogP contribution in [0, 0.1) is 6.92 Å². The quantitative estimate of drug-likeness (QED) is 0.762. The molecule has 0 aliphatic rings. The largest absolute Gasteiger partial charge is 0.294 e. The summed E-state index contributed by atoms with van der Waals surface area (Å²) in [5.74, 6) is 0.0783. The third kappa shape index (κ3) is 3.14. The Labute approximate surface area is 110 Å². The van der Waals surface area contributed by atoms with Gasteiger partial charge in [0.15, 0.2) is 11.6 Å². The van der Waals surface area contributed by atoms with Crippen molar-refractivity contribution in [1.29, 1.82) is 0 Å². The molecular weight excluding hydrogens is 244 g/mol. The number of aryl methyl sites for hydroxylation is 1. The molecule has 1 aromatic carbocycles. The van der Waals surface area contributed by atoms with E-state index >= 15 is 0 Å². The van der Waals surface area contributed by atoms with Crippen molar-refractivity contribution in [2.75, 3.05) is 0 Å². The van der Waals surface area contributed by atoms with E-state index in [9.17, 15) is 9.59 Å². The molecule has 18 heavy (non-hydrogen) atoms. The standard InChI is InChI=1S/C15H14O2S/c1-11-7-10-15(18-11)14(17)9-8-13(16)12-5-3-2-4-6-12/h2-7,10H,8-9H2,1H3. The topological polar surface area (TPSA) is 34.1 Å². The van der Waals surface area contributed by atoms with Gasteiger partial charge in [-0.2, -0.15) is 0 Å². The fourth-order valence-corrected chi connectivity index (χ4v) is 2.54. The summed E-state index contributed by atoms with van der Waals surface area (Å²) in [5, 5.41) is 0. The molecule has 0 unspecified atom stereocenters. The number of carbonyl (C=O) groups excluding carboxylic acids is 2. The van der Waals surface area contributed by atoms with E-state index in [1.165, 1.54) is 11.3 Å². The van der Waals surface area contributed by atoms with E-state index < -0.39 is 0 Å². The average Bonchev–Trinajstić information content (AvgIpc) is 2.83. The lowest BCUT2D eigenvalue weighted by molar-refractivity contribution is 0.0919. The highest BCUT2D eigenvalue weighted by molar-refractivity contribution is 7.14. The summed E-state index contributed by atoms with van der Waals surface area (Å²) in [5.41, 5.74) is 0.674. The van der Waals surface area contributed by atoms with E-state index in [-0.39, 0.29) is 24.4 Å². The Morgan fingerprint density at radius 1 is 0.944 bits per heavy atom. The molecule has 2 rings (SSSR count). The van der Waals surface area contributed by atoms with Crippen LogP contribution in [-0.2, 0) is 0 Å². The van der Waals surface area contributed by atoms with Crippen molar-refractivity contribution in [2.45, 2.75) is 19.8 Å². The van der Waals surface area contributed by atoms with E-state index in [1.807, 2.05) is 37.3 Å². The van der Waals surface area contributed by atoms with E-state index in [1.54, 1.807) is 12.1 Å². The lowest BCUT2D eigenvalue weighted by Gasteiger charge is -1.99. The highest BCUT2D eigenvalue weighted by atomic mass is 32.1. The molecule has 2 nitrogen and oxygen atoms in total. The van der Waals surface area contributed by atoms with E-state index in [0.717, 1.165) is 9.75 Å². The first-order valence-corrected chi connectivity index (χ1v) is 6.66. The third-order valence-corrected chi connectivity index (χ3v) is 3.73. The van der Waals surface area contributed by atoms with Crippen LogP contribution in [0.4, 0.5) is 0 Å². The minimum absolute atomic E-state index is 0.0252. The first kappa shape index (κ1) is 12.7. The van der Waals surface area contributed by atoms with Gasteiger partial charge in [-0.05, 0) is 19.1 Å². The third-order valence-electron chi connectivity index (χ3n) is 2.69. The van der Waals surface area contributed by atoms with Crippen LogP contribution in [-0.4, -0.2) is 11.6 Å². The molecule has 0 aliphatic carbocycles. The Balaban J connectivity index is 1.92. The van der Waals surface area contributed by atoms with Gasteiger partial charge in [-0.1, -0.05) is 30.3 Å². The predicted octanol–water partition coefficient (Wildman–Crippen LogP) is 3.90. The van der Waals surface area contributed by atoms with Crippen molar-refractivity contribution in [1.82, 2.24) is 0 Å². The first-order valence-electron chi connectivity index (χ1n) is 5.84. The number of benzene rings is 1. The molecule has 0 saturated carbocycles. The SMILES string of the molecule is Cc1ccc(C(=O)CCC(=O)c2ccccc2)s1. The molecule has 0 radical (unpaired) electrons. The fraction of sp³-hybridized carbons (Fsp3) is 0.200.